The Morgan fingerprint density at radius 2 is 1.82 bits per heavy atom. The Morgan fingerprint density at radius 1 is 1.04 bits per heavy atom. The summed E-state index contributed by atoms with van der Waals surface area (Å²) in [5.41, 5.74) is 3.54. The normalized spacial score (nSPS) is 13.7. The molecule has 28 heavy (non-hydrogen) atoms. The highest BCUT2D eigenvalue weighted by Crippen LogP contribution is 2.26. The Bertz CT molecular complexity index is 1200. The third kappa shape index (κ3) is 3.55. The van der Waals surface area contributed by atoms with Crippen LogP contribution in [0.3, 0.4) is 0 Å². The van der Waals surface area contributed by atoms with Gasteiger partial charge in [-0.15, -0.1) is 0 Å². The van der Waals surface area contributed by atoms with E-state index in [9.17, 15) is 9.18 Å². The molecule has 1 aliphatic rings. The van der Waals surface area contributed by atoms with E-state index in [1.165, 1.54) is 32.0 Å². The van der Waals surface area contributed by atoms with Crippen LogP contribution in [0.4, 0.5) is 4.39 Å². The molecule has 4 heterocycles. The minimum atomic E-state index is -0.363. The van der Waals surface area contributed by atoms with Crippen LogP contribution in [-0.4, -0.2) is 27.5 Å². The zero-order valence-electron chi connectivity index (χ0n) is 16.1. The van der Waals surface area contributed by atoms with Crippen LogP contribution >= 0.6 is 0 Å². The molecule has 2 N–H and O–H groups in total. The van der Waals surface area contributed by atoms with Crippen molar-refractivity contribution in [2.24, 2.45) is 0 Å². The molecule has 1 aromatic carbocycles. The lowest BCUT2D eigenvalue weighted by Gasteiger charge is -2.07. The topological polar surface area (TPSA) is 62.2 Å². The summed E-state index contributed by atoms with van der Waals surface area (Å²) in [6.45, 7) is 6.27. The number of fused-ring (bicyclic) bond motifs is 2. The number of hydrogen-bond acceptors (Lipinski definition) is 3. The van der Waals surface area contributed by atoms with Crippen LogP contribution in [0.25, 0.3) is 27.5 Å². The van der Waals surface area contributed by atoms with Gasteiger partial charge >= 0.3 is 0 Å². The number of aromatic amines is 1. The molecule has 5 nitrogen and oxygen atoms in total. The van der Waals surface area contributed by atoms with Gasteiger partial charge in [0.2, 0.25) is 0 Å². The minimum Gasteiger partial charge on any atom is -0.328 e. The number of aromatic nitrogens is 3. The first-order chi connectivity index (χ1) is 13.5. The average Bonchev–Trinajstić information content (AvgIpc) is 3.37. The Hall–Kier alpha value is -2.99. The van der Waals surface area contributed by atoms with Gasteiger partial charge in [0.1, 0.15) is 0 Å². The van der Waals surface area contributed by atoms with Crippen LogP contribution < -0.4 is 10.9 Å². The maximum absolute atomic E-state index is 14.3. The molecule has 0 unspecified atom stereocenters. The molecule has 4 aromatic rings. The van der Waals surface area contributed by atoms with E-state index in [0.717, 1.165) is 27.8 Å². The van der Waals surface area contributed by atoms with Gasteiger partial charge in [0.25, 0.3) is 5.56 Å². The molecule has 1 saturated heterocycles. The Labute approximate surface area is 162 Å². The fourth-order valence-corrected chi connectivity index (χ4v) is 3.54. The van der Waals surface area contributed by atoms with Gasteiger partial charge in [-0.05, 0) is 74.5 Å². The van der Waals surface area contributed by atoms with Crippen molar-refractivity contribution < 1.29 is 4.39 Å². The van der Waals surface area contributed by atoms with Crippen molar-refractivity contribution in [3.8, 4) is 11.1 Å². The fraction of sp³-hybridized carbons (Fsp3) is 0.273. The maximum Gasteiger partial charge on any atom is 0.255 e. The SMILES string of the molecule is C1CCNC1.Cc1cn2cc(-c3ccc4c(=O)[nH]cc(C)c4c3)cc(F)c2n1. The van der Waals surface area contributed by atoms with Crippen molar-refractivity contribution in [2.45, 2.75) is 26.7 Å². The Kier molecular flexibility index (Phi) is 4.96. The highest BCUT2D eigenvalue weighted by Gasteiger charge is 2.10. The van der Waals surface area contributed by atoms with Crippen molar-refractivity contribution in [3.05, 3.63) is 70.3 Å². The van der Waals surface area contributed by atoms with Crippen LogP contribution in [0.5, 0.6) is 0 Å². The molecule has 144 valence electrons. The molecule has 0 radical (unpaired) electrons. The van der Waals surface area contributed by atoms with E-state index < -0.39 is 0 Å². The summed E-state index contributed by atoms with van der Waals surface area (Å²) in [6.07, 6.45) is 8.11. The lowest BCUT2D eigenvalue weighted by Crippen LogP contribution is -2.05. The standard InChI is InChI=1S/C18H14FN3O.C4H9N/c1-10-7-20-18(23)14-4-3-12(5-15(10)14)13-6-16(19)17-21-11(2)8-22(17)9-13;1-2-4-5-3-1/h3-9H,1-2H3,(H,20,23);5H,1-4H2. The Morgan fingerprint density at radius 3 is 2.54 bits per heavy atom. The summed E-state index contributed by atoms with van der Waals surface area (Å²) in [4.78, 5) is 18.8. The molecule has 0 atom stereocenters. The highest BCUT2D eigenvalue weighted by atomic mass is 19.1. The number of benzene rings is 1. The zero-order chi connectivity index (χ0) is 19.7. The van der Waals surface area contributed by atoms with Crippen LogP contribution in [0.1, 0.15) is 24.1 Å². The van der Waals surface area contributed by atoms with Crippen molar-refractivity contribution in [1.29, 1.82) is 0 Å². The van der Waals surface area contributed by atoms with E-state index in [2.05, 4.69) is 15.3 Å². The van der Waals surface area contributed by atoms with Gasteiger partial charge in [-0.3, -0.25) is 4.79 Å². The van der Waals surface area contributed by atoms with Crippen LogP contribution in [0.2, 0.25) is 0 Å². The average molecular weight is 378 g/mol. The largest absolute Gasteiger partial charge is 0.328 e. The molecule has 5 rings (SSSR count). The first-order valence-electron chi connectivity index (χ1n) is 9.51. The number of halogens is 1. The summed E-state index contributed by atoms with van der Waals surface area (Å²) in [5, 5.41) is 4.72. The lowest BCUT2D eigenvalue weighted by atomic mass is 10.0. The summed E-state index contributed by atoms with van der Waals surface area (Å²) in [7, 11) is 0. The van der Waals surface area contributed by atoms with Gasteiger partial charge in [0.15, 0.2) is 11.5 Å². The van der Waals surface area contributed by atoms with Crippen molar-refractivity contribution >= 4 is 16.4 Å². The van der Waals surface area contributed by atoms with Gasteiger partial charge in [-0.25, -0.2) is 9.37 Å². The second-order valence-electron chi connectivity index (χ2n) is 7.21. The molecule has 0 spiro atoms. The van der Waals surface area contributed by atoms with E-state index in [1.807, 2.05) is 32.2 Å². The van der Waals surface area contributed by atoms with Gasteiger partial charge in [0, 0.05) is 29.5 Å². The number of nitrogens with zero attached hydrogens (tertiary/aromatic N) is 2. The van der Waals surface area contributed by atoms with Gasteiger partial charge in [-0.2, -0.15) is 0 Å². The lowest BCUT2D eigenvalue weighted by molar-refractivity contribution is 0.630. The summed E-state index contributed by atoms with van der Waals surface area (Å²) in [6, 6.07) is 7.01. The molecule has 3 aromatic heterocycles. The predicted octanol–water partition coefficient (Wildman–Crippen LogP) is 3.97. The molecule has 0 bridgehead atoms. The van der Waals surface area contributed by atoms with Crippen molar-refractivity contribution in [3.63, 3.8) is 0 Å². The monoisotopic (exact) mass is 378 g/mol. The summed E-state index contributed by atoms with van der Waals surface area (Å²) in [5.74, 6) is -0.363. The third-order valence-electron chi connectivity index (χ3n) is 5.03. The first-order valence-corrected chi connectivity index (χ1v) is 9.51. The summed E-state index contributed by atoms with van der Waals surface area (Å²) < 4.78 is 16.0. The van der Waals surface area contributed by atoms with E-state index in [4.69, 9.17) is 0 Å². The molecule has 1 fully saturated rings. The Balaban J connectivity index is 0.000000336. The maximum atomic E-state index is 14.3. The molecular weight excluding hydrogens is 355 g/mol. The fourth-order valence-electron chi connectivity index (χ4n) is 3.54. The summed E-state index contributed by atoms with van der Waals surface area (Å²) >= 11 is 0. The molecule has 6 heteroatoms. The second-order valence-corrected chi connectivity index (χ2v) is 7.21. The first kappa shape index (κ1) is 18.4. The third-order valence-corrected chi connectivity index (χ3v) is 5.03. The van der Waals surface area contributed by atoms with Gasteiger partial charge in [0.05, 0.1) is 5.69 Å². The van der Waals surface area contributed by atoms with E-state index in [0.29, 0.717) is 11.0 Å². The number of H-pyrrole nitrogens is 1. The zero-order valence-corrected chi connectivity index (χ0v) is 16.1. The van der Waals surface area contributed by atoms with E-state index in [-0.39, 0.29) is 11.4 Å². The van der Waals surface area contributed by atoms with Crippen LogP contribution in [0, 0.1) is 19.7 Å². The molecule has 0 amide bonds. The van der Waals surface area contributed by atoms with Gasteiger partial charge < -0.3 is 14.7 Å². The number of aryl methyl sites for hydroxylation is 2. The smallest absolute Gasteiger partial charge is 0.255 e. The minimum absolute atomic E-state index is 0.121. The van der Waals surface area contributed by atoms with Crippen molar-refractivity contribution in [1.82, 2.24) is 19.7 Å². The predicted molar refractivity (Wildman–Crippen MR) is 110 cm³/mol. The van der Waals surface area contributed by atoms with E-state index in [1.54, 1.807) is 22.9 Å². The number of imidazole rings is 1. The molecule has 0 saturated carbocycles. The van der Waals surface area contributed by atoms with Crippen LogP contribution in [-0.2, 0) is 0 Å². The van der Waals surface area contributed by atoms with E-state index >= 15 is 0 Å². The number of pyridine rings is 2. The molecular formula is C22H23FN4O. The number of nitrogens with one attached hydrogen (secondary N) is 2. The number of hydrogen-bond donors (Lipinski definition) is 2. The van der Waals surface area contributed by atoms with Gasteiger partial charge in [-0.1, -0.05) is 6.07 Å². The number of rotatable bonds is 1. The van der Waals surface area contributed by atoms with Crippen molar-refractivity contribution in [2.75, 3.05) is 13.1 Å². The highest BCUT2D eigenvalue weighted by molar-refractivity contribution is 5.89. The molecule has 0 aliphatic carbocycles. The molecule has 1 aliphatic heterocycles. The quantitative estimate of drug-likeness (QED) is 0.527. The van der Waals surface area contributed by atoms with Crippen LogP contribution in [0.15, 0.2) is 47.7 Å². The second kappa shape index (κ2) is 7.56.